The normalized spacial score (nSPS) is 9.25. The third-order valence-corrected chi connectivity index (χ3v) is 1.43. The summed E-state index contributed by atoms with van der Waals surface area (Å²) in [5.41, 5.74) is 2.01. The van der Waals surface area contributed by atoms with Crippen LogP contribution >= 0.6 is 0 Å². The molecule has 0 saturated heterocycles. The van der Waals surface area contributed by atoms with Crippen LogP contribution in [0.15, 0.2) is 18.5 Å². The molecule has 64 valence electrons. The number of H-pyrrole nitrogens is 1. The minimum atomic E-state index is 0.852. The van der Waals surface area contributed by atoms with Crippen molar-refractivity contribution < 1.29 is 0 Å². The largest absolute Gasteiger partial charge is 0.261 e. The van der Waals surface area contributed by atoms with Gasteiger partial charge < -0.3 is 0 Å². The van der Waals surface area contributed by atoms with E-state index in [1.54, 1.807) is 6.20 Å². The van der Waals surface area contributed by atoms with Crippen LogP contribution in [-0.4, -0.2) is 15.2 Å². The zero-order chi connectivity index (χ0) is 8.97. The molecule has 2 heterocycles. The Morgan fingerprint density at radius 3 is 2.75 bits per heavy atom. The Morgan fingerprint density at radius 2 is 2.00 bits per heavy atom. The molecule has 1 N–H and O–H groups in total. The van der Waals surface area contributed by atoms with Crippen molar-refractivity contribution in [3.63, 3.8) is 0 Å². The molecule has 0 aliphatic rings. The van der Waals surface area contributed by atoms with Crippen LogP contribution in [-0.2, 0) is 0 Å². The molecule has 0 bridgehead atoms. The summed E-state index contributed by atoms with van der Waals surface area (Å²) in [7, 11) is 0. The van der Waals surface area contributed by atoms with Crippen LogP contribution in [0, 0.1) is 6.92 Å². The monoisotopic (exact) mass is 163 g/mol. The molecule has 2 aromatic rings. The molecule has 0 aliphatic carbocycles. The van der Waals surface area contributed by atoms with E-state index in [0.717, 1.165) is 16.6 Å². The van der Waals surface area contributed by atoms with Crippen molar-refractivity contribution >= 4 is 11.0 Å². The van der Waals surface area contributed by atoms with Gasteiger partial charge in [-0.2, -0.15) is 5.10 Å². The highest BCUT2D eigenvalue weighted by molar-refractivity contribution is 5.73. The summed E-state index contributed by atoms with van der Waals surface area (Å²) in [6, 6.07) is 2.05. The second kappa shape index (κ2) is 3.85. The van der Waals surface area contributed by atoms with Crippen molar-refractivity contribution in [3.8, 4) is 0 Å². The van der Waals surface area contributed by atoms with E-state index in [1.807, 2.05) is 33.0 Å². The molecule has 0 spiro atoms. The predicted molar refractivity (Wildman–Crippen MR) is 50.0 cm³/mol. The standard InChI is InChI=1S/C7H7N3.C2H6/c1-5-2-6-4-9-10-7(6)8-3-5;1-2/h2-4H,1H3,(H,8,9,10);1-2H3. The van der Waals surface area contributed by atoms with Crippen molar-refractivity contribution in [2.24, 2.45) is 0 Å². The minimum absolute atomic E-state index is 0.852. The van der Waals surface area contributed by atoms with E-state index in [0.29, 0.717) is 0 Å². The lowest BCUT2D eigenvalue weighted by molar-refractivity contribution is 1.10. The molecule has 3 heteroatoms. The van der Waals surface area contributed by atoms with Crippen LogP contribution in [0.2, 0.25) is 0 Å². The second-order valence-electron chi connectivity index (χ2n) is 2.32. The third-order valence-electron chi connectivity index (χ3n) is 1.43. The van der Waals surface area contributed by atoms with Crippen LogP contribution in [0.4, 0.5) is 0 Å². The van der Waals surface area contributed by atoms with Crippen molar-refractivity contribution in [3.05, 3.63) is 24.0 Å². The third kappa shape index (κ3) is 1.61. The topological polar surface area (TPSA) is 41.6 Å². The van der Waals surface area contributed by atoms with Crippen molar-refractivity contribution in [2.45, 2.75) is 20.8 Å². The average molecular weight is 163 g/mol. The fourth-order valence-electron chi connectivity index (χ4n) is 0.947. The van der Waals surface area contributed by atoms with Gasteiger partial charge in [0.25, 0.3) is 0 Å². The number of aromatic nitrogens is 3. The summed E-state index contributed by atoms with van der Waals surface area (Å²) >= 11 is 0. The van der Waals surface area contributed by atoms with Crippen LogP contribution in [0.25, 0.3) is 11.0 Å². The fraction of sp³-hybridized carbons (Fsp3) is 0.333. The highest BCUT2D eigenvalue weighted by atomic mass is 15.1. The summed E-state index contributed by atoms with van der Waals surface area (Å²) < 4.78 is 0. The molecular weight excluding hydrogens is 150 g/mol. The molecule has 2 aromatic heterocycles. The highest BCUT2D eigenvalue weighted by Gasteiger charge is 1.93. The lowest BCUT2D eigenvalue weighted by atomic mass is 10.3. The number of fused-ring (bicyclic) bond motifs is 1. The first-order valence-corrected chi connectivity index (χ1v) is 4.12. The number of hydrogen-bond acceptors (Lipinski definition) is 2. The Morgan fingerprint density at radius 1 is 1.25 bits per heavy atom. The Kier molecular flexibility index (Phi) is 2.80. The van der Waals surface area contributed by atoms with E-state index < -0.39 is 0 Å². The van der Waals surface area contributed by atoms with Gasteiger partial charge in [0, 0.05) is 11.6 Å². The number of nitrogens with zero attached hydrogens (tertiary/aromatic N) is 2. The van der Waals surface area contributed by atoms with Gasteiger partial charge in [0.15, 0.2) is 5.65 Å². The van der Waals surface area contributed by atoms with E-state index in [-0.39, 0.29) is 0 Å². The Bertz CT molecular complexity index is 351. The zero-order valence-corrected chi connectivity index (χ0v) is 7.63. The molecule has 0 radical (unpaired) electrons. The van der Waals surface area contributed by atoms with Crippen LogP contribution in [0.5, 0.6) is 0 Å². The quantitative estimate of drug-likeness (QED) is 0.647. The smallest absolute Gasteiger partial charge is 0.155 e. The van der Waals surface area contributed by atoms with Gasteiger partial charge in [0.1, 0.15) is 0 Å². The first kappa shape index (κ1) is 8.71. The number of rotatable bonds is 0. The van der Waals surface area contributed by atoms with Gasteiger partial charge in [-0.3, -0.25) is 5.10 Å². The van der Waals surface area contributed by atoms with E-state index in [9.17, 15) is 0 Å². The molecule has 2 rings (SSSR count). The zero-order valence-electron chi connectivity index (χ0n) is 7.63. The lowest BCUT2D eigenvalue weighted by Crippen LogP contribution is -1.77. The number of hydrogen-bond donors (Lipinski definition) is 1. The maximum absolute atomic E-state index is 4.12. The molecule has 0 fully saturated rings. The van der Waals surface area contributed by atoms with Crippen molar-refractivity contribution in [1.82, 2.24) is 15.2 Å². The molecule has 0 saturated carbocycles. The van der Waals surface area contributed by atoms with E-state index in [2.05, 4.69) is 15.2 Å². The Labute approximate surface area is 71.8 Å². The molecular formula is C9H13N3. The summed E-state index contributed by atoms with van der Waals surface area (Å²) in [4.78, 5) is 4.12. The average Bonchev–Trinajstić information content (AvgIpc) is 2.54. The second-order valence-corrected chi connectivity index (χ2v) is 2.32. The van der Waals surface area contributed by atoms with E-state index in [4.69, 9.17) is 0 Å². The number of aromatic amines is 1. The minimum Gasteiger partial charge on any atom is -0.261 e. The fourth-order valence-corrected chi connectivity index (χ4v) is 0.947. The lowest BCUT2D eigenvalue weighted by Gasteiger charge is -1.88. The molecule has 0 aromatic carbocycles. The van der Waals surface area contributed by atoms with Gasteiger partial charge in [-0.25, -0.2) is 4.98 Å². The Balaban J connectivity index is 0.000000336. The number of aryl methyl sites for hydroxylation is 1. The van der Waals surface area contributed by atoms with Crippen LogP contribution < -0.4 is 0 Å². The summed E-state index contributed by atoms with van der Waals surface area (Å²) in [6.07, 6.45) is 3.59. The molecule has 3 nitrogen and oxygen atoms in total. The highest BCUT2D eigenvalue weighted by Crippen LogP contribution is 2.07. The van der Waals surface area contributed by atoms with Gasteiger partial charge in [-0.15, -0.1) is 0 Å². The van der Waals surface area contributed by atoms with Gasteiger partial charge in [-0.05, 0) is 18.6 Å². The van der Waals surface area contributed by atoms with Crippen molar-refractivity contribution in [2.75, 3.05) is 0 Å². The number of pyridine rings is 1. The Hall–Kier alpha value is -1.38. The van der Waals surface area contributed by atoms with Gasteiger partial charge >= 0.3 is 0 Å². The number of nitrogens with one attached hydrogen (secondary N) is 1. The van der Waals surface area contributed by atoms with Gasteiger partial charge in [0.2, 0.25) is 0 Å². The predicted octanol–water partition coefficient (Wildman–Crippen LogP) is 2.29. The van der Waals surface area contributed by atoms with Gasteiger partial charge in [0.05, 0.1) is 6.20 Å². The summed E-state index contributed by atoms with van der Waals surface area (Å²) in [6.45, 7) is 6.01. The van der Waals surface area contributed by atoms with Crippen LogP contribution in [0.1, 0.15) is 19.4 Å². The first-order chi connectivity index (χ1) is 5.86. The van der Waals surface area contributed by atoms with Crippen molar-refractivity contribution in [1.29, 1.82) is 0 Å². The molecule has 0 unspecified atom stereocenters. The van der Waals surface area contributed by atoms with E-state index >= 15 is 0 Å². The maximum Gasteiger partial charge on any atom is 0.155 e. The molecule has 12 heavy (non-hydrogen) atoms. The summed E-state index contributed by atoms with van der Waals surface area (Å²) in [5, 5.41) is 7.71. The maximum atomic E-state index is 4.12. The first-order valence-electron chi connectivity index (χ1n) is 4.12. The molecule has 0 atom stereocenters. The SMILES string of the molecule is CC.Cc1cnc2[nH]ncc2c1. The van der Waals surface area contributed by atoms with Crippen LogP contribution in [0.3, 0.4) is 0 Å². The summed E-state index contributed by atoms with van der Waals surface area (Å²) in [5.74, 6) is 0. The van der Waals surface area contributed by atoms with Gasteiger partial charge in [-0.1, -0.05) is 13.8 Å². The molecule has 0 aliphatic heterocycles. The van der Waals surface area contributed by atoms with E-state index in [1.165, 1.54) is 0 Å². The molecule has 0 amide bonds.